The second kappa shape index (κ2) is 4.39. The van der Waals surface area contributed by atoms with Gasteiger partial charge in [-0.05, 0) is 6.42 Å². The van der Waals surface area contributed by atoms with Crippen molar-refractivity contribution in [2.24, 2.45) is 0 Å². The standard InChI is InChI=1S/C8H11N3O2/c1-2-3-10-7-5-9-4-6(11-7)8(12)13/h4-5H,2-3H2,1H3,(H,10,11)(H,12,13). The van der Waals surface area contributed by atoms with Crippen LogP contribution in [0.5, 0.6) is 0 Å². The number of aromatic carboxylic acids is 1. The average molecular weight is 181 g/mol. The Morgan fingerprint density at radius 2 is 2.38 bits per heavy atom. The Labute approximate surface area is 75.8 Å². The van der Waals surface area contributed by atoms with Gasteiger partial charge in [-0.25, -0.2) is 9.78 Å². The van der Waals surface area contributed by atoms with Gasteiger partial charge in [0.15, 0.2) is 5.69 Å². The van der Waals surface area contributed by atoms with Crippen molar-refractivity contribution in [3.05, 3.63) is 18.1 Å². The van der Waals surface area contributed by atoms with Crippen LogP contribution < -0.4 is 5.32 Å². The van der Waals surface area contributed by atoms with Crippen LogP contribution in [0.2, 0.25) is 0 Å². The third kappa shape index (κ3) is 2.70. The minimum absolute atomic E-state index is 0.0406. The zero-order chi connectivity index (χ0) is 9.68. The lowest BCUT2D eigenvalue weighted by Crippen LogP contribution is -2.07. The number of nitrogens with one attached hydrogen (secondary N) is 1. The Bertz CT molecular complexity index is 301. The molecule has 2 N–H and O–H groups in total. The number of hydrogen-bond acceptors (Lipinski definition) is 4. The van der Waals surface area contributed by atoms with Crippen molar-refractivity contribution in [2.45, 2.75) is 13.3 Å². The number of carboxylic acid groups (broad SMARTS) is 1. The van der Waals surface area contributed by atoms with Gasteiger partial charge in [-0.3, -0.25) is 4.98 Å². The van der Waals surface area contributed by atoms with Crippen LogP contribution in [0, 0.1) is 0 Å². The molecule has 0 fully saturated rings. The number of carbonyl (C=O) groups is 1. The van der Waals surface area contributed by atoms with Gasteiger partial charge in [-0.2, -0.15) is 0 Å². The average Bonchev–Trinajstić information content (AvgIpc) is 2.15. The maximum atomic E-state index is 10.5. The summed E-state index contributed by atoms with van der Waals surface area (Å²) in [5.41, 5.74) is -0.0406. The fraction of sp³-hybridized carbons (Fsp3) is 0.375. The minimum atomic E-state index is -1.06. The Balaban J connectivity index is 2.73. The van der Waals surface area contributed by atoms with Crippen LogP contribution in [-0.2, 0) is 0 Å². The van der Waals surface area contributed by atoms with Crippen molar-refractivity contribution in [2.75, 3.05) is 11.9 Å². The highest BCUT2D eigenvalue weighted by Gasteiger charge is 2.04. The van der Waals surface area contributed by atoms with E-state index in [2.05, 4.69) is 15.3 Å². The van der Waals surface area contributed by atoms with Crippen molar-refractivity contribution in [1.29, 1.82) is 0 Å². The first kappa shape index (κ1) is 9.44. The summed E-state index contributed by atoms with van der Waals surface area (Å²) >= 11 is 0. The number of anilines is 1. The van der Waals surface area contributed by atoms with E-state index in [0.717, 1.165) is 13.0 Å². The summed E-state index contributed by atoms with van der Waals surface area (Å²) in [7, 11) is 0. The molecule has 1 rings (SSSR count). The molecule has 0 saturated carbocycles. The second-order valence-corrected chi connectivity index (χ2v) is 2.52. The first-order valence-electron chi connectivity index (χ1n) is 4.03. The van der Waals surface area contributed by atoms with Gasteiger partial charge in [0.2, 0.25) is 0 Å². The quantitative estimate of drug-likeness (QED) is 0.724. The molecular weight excluding hydrogens is 170 g/mol. The van der Waals surface area contributed by atoms with Gasteiger partial charge in [-0.15, -0.1) is 0 Å². The van der Waals surface area contributed by atoms with Gasteiger partial charge >= 0.3 is 5.97 Å². The Morgan fingerprint density at radius 3 is 3.00 bits per heavy atom. The van der Waals surface area contributed by atoms with Crippen molar-refractivity contribution in [3.8, 4) is 0 Å². The number of aromatic nitrogens is 2. The van der Waals surface area contributed by atoms with E-state index in [9.17, 15) is 4.79 Å². The van der Waals surface area contributed by atoms with Crippen LogP contribution in [0.25, 0.3) is 0 Å². The highest BCUT2D eigenvalue weighted by Crippen LogP contribution is 2.01. The molecule has 5 nitrogen and oxygen atoms in total. The molecule has 0 bridgehead atoms. The van der Waals surface area contributed by atoms with Gasteiger partial charge < -0.3 is 10.4 Å². The minimum Gasteiger partial charge on any atom is -0.476 e. The van der Waals surface area contributed by atoms with Gasteiger partial charge in [0.25, 0.3) is 0 Å². The molecule has 0 amide bonds. The monoisotopic (exact) mass is 181 g/mol. The van der Waals surface area contributed by atoms with Crippen LogP contribution >= 0.6 is 0 Å². The molecule has 0 aliphatic rings. The largest absolute Gasteiger partial charge is 0.476 e. The van der Waals surface area contributed by atoms with Crippen LogP contribution in [0.15, 0.2) is 12.4 Å². The highest BCUT2D eigenvalue weighted by atomic mass is 16.4. The summed E-state index contributed by atoms with van der Waals surface area (Å²) in [4.78, 5) is 18.1. The molecule has 0 aliphatic carbocycles. The zero-order valence-electron chi connectivity index (χ0n) is 7.32. The van der Waals surface area contributed by atoms with E-state index in [0.29, 0.717) is 5.82 Å². The fourth-order valence-electron chi connectivity index (χ4n) is 0.807. The summed E-state index contributed by atoms with van der Waals surface area (Å²) in [6, 6.07) is 0. The summed E-state index contributed by atoms with van der Waals surface area (Å²) in [5.74, 6) is -0.561. The van der Waals surface area contributed by atoms with Crippen molar-refractivity contribution >= 4 is 11.8 Å². The molecule has 13 heavy (non-hydrogen) atoms. The normalized spacial score (nSPS) is 9.62. The number of nitrogens with zero attached hydrogens (tertiary/aromatic N) is 2. The van der Waals surface area contributed by atoms with Crippen LogP contribution in [0.1, 0.15) is 23.8 Å². The molecule has 0 atom stereocenters. The van der Waals surface area contributed by atoms with Gasteiger partial charge in [0.05, 0.1) is 12.4 Å². The van der Waals surface area contributed by atoms with E-state index >= 15 is 0 Å². The van der Waals surface area contributed by atoms with Crippen molar-refractivity contribution < 1.29 is 9.90 Å². The molecule has 1 aromatic rings. The lowest BCUT2D eigenvalue weighted by molar-refractivity contribution is 0.0690. The summed E-state index contributed by atoms with van der Waals surface area (Å²) < 4.78 is 0. The van der Waals surface area contributed by atoms with E-state index in [1.54, 1.807) is 0 Å². The van der Waals surface area contributed by atoms with Gasteiger partial charge in [0.1, 0.15) is 5.82 Å². The SMILES string of the molecule is CCCNc1cncc(C(=O)O)n1. The van der Waals surface area contributed by atoms with Crippen LogP contribution in [0.4, 0.5) is 5.82 Å². The van der Waals surface area contributed by atoms with Gasteiger partial charge in [-0.1, -0.05) is 6.92 Å². The number of rotatable bonds is 4. The van der Waals surface area contributed by atoms with E-state index in [4.69, 9.17) is 5.11 Å². The summed E-state index contributed by atoms with van der Waals surface area (Å²) in [6.45, 7) is 2.78. The van der Waals surface area contributed by atoms with E-state index in [-0.39, 0.29) is 5.69 Å². The third-order valence-corrected chi connectivity index (χ3v) is 1.41. The van der Waals surface area contributed by atoms with E-state index in [1.165, 1.54) is 12.4 Å². The molecule has 0 radical (unpaired) electrons. The second-order valence-electron chi connectivity index (χ2n) is 2.52. The summed E-state index contributed by atoms with van der Waals surface area (Å²) in [6.07, 6.45) is 3.68. The van der Waals surface area contributed by atoms with E-state index in [1.807, 2.05) is 6.92 Å². The maximum absolute atomic E-state index is 10.5. The van der Waals surface area contributed by atoms with Crippen molar-refractivity contribution in [1.82, 2.24) is 9.97 Å². The summed E-state index contributed by atoms with van der Waals surface area (Å²) in [5, 5.41) is 11.6. The molecule has 0 unspecified atom stereocenters. The predicted octanol–water partition coefficient (Wildman–Crippen LogP) is 0.997. The highest BCUT2D eigenvalue weighted by molar-refractivity contribution is 5.85. The molecule has 1 aromatic heterocycles. The van der Waals surface area contributed by atoms with E-state index < -0.39 is 5.97 Å². The lowest BCUT2D eigenvalue weighted by atomic mass is 10.4. The first-order chi connectivity index (χ1) is 6.24. The molecule has 5 heteroatoms. The van der Waals surface area contributed by atoms with Crippen molar-refractivity contribution in [3.63, 3.8) is 0 Å². The predicted molar refractivity (Wildman–Crippen MR) is 47.8 cm³/mol. The molecule has 70 valence electrons. The molecule has 0 aliphatic heterocycles. The zero-order valence-corrected chi connectivity index (χ0v) is 7.32. The third-order valence-electron chi connectivity index (χ3n) is 1.41. The van der Waals surface area contributed by atoms with Gasteiger partial charge in [0, 0.05) is 6.54 Å². The number of hydrogen-bond donors (Lipinski definition) is 2. The molecular formula is C8H11N3O2. The Morgan fingerprint density at radius 1 is 1.62 bits per heavy atom. The first-order valence-corrected chi connectivity index (χ1v) is 4.03. The topological polar surface area (TPSA) is 75.1 Å². The van der Waals surface area contributed by atoms with Crippen LogP contribution in [0.3, 0.4) is 0 Å². The fourth-order valence-corrected chi connectivity index (χ4v) is 0.807. The smallest absolute Gasteiger partial charge is 0.356 e. The molecule has 0 spiro atoms. The van der Waals surface area contributed by atoms with Crippen LogP contribution in [-0.4, -0.2) is 27.6 Å². The Kier molecular flexibility index (Phi) is 3.19. The molecule has 1 heterocycles. The lowest BCUT2D eigenvalue weighted by Gasteiger charge is -2.02. The Hall–Kier alpha value is -1.65. The molecule has 0 saturated heterocycles. The maximum Gasteiger partial charge on any atom is 0.356 e. The molecule has 0 aromatic carbocycles. The number of carboxylic acids is 1.